The fraction of sp³-hybridized carbons (Fsp3) is 0.267. The molecule has 3 rings (SSSR count). The van der Waals surface area contributed by atoms with Crippen molar-refractivity contribution in [2.45, 2.75) is 19.4 Å². The van der Waals surface area contributed by atoms with Crippen LogP contribution in [0.1, 0.15) is 11.4 Å². The van der Waals surface area contributed by atoms with Crippen molar-refractivity contribution in [1.29, 1.82) is 0 Å². The zero-order valence-electron chi connectivity index (χ0n) is 11.8. The molecule has 2 N–H and O–H groups in total. The Hall–Kier alpha value is -2.47. The van der Waals surface area contributed by atoms with Gasteiger partial charge in [0.1, 0.15) is 5.82 Å². The van der Waals surface area contributed by atoms with E-state index in [1.807, 2.05) is 49.4 Å². The van der Waals surface area contributed by atoms with Gasteiger partial charge in [-0.2, -0.15) is 4.52 Å². The molecular weight excluding hydrogens is 266 g/mol. The SMILES string of the molecule is Cc1nnc2ccc(NC(CO)Cc3ccccc3)nn12. The van der Waals surface area contributed by atoms with E-state index in [4.69, 9.17) is 0 Å². The van der Waals surface area contributed by atoms with Crippen molar-refractivity contribution >= 4 is 11.5 Å². The van der Waals surface area contributed by atoms with E-state index in [9.17, 15) is 5.11 Å². The summed E-state index contributed by atoms with van der Waals surface area (Å²) in [6.45, 7) is 1.89. The second kappa shape index (κ2) is 5.88. The van der Waals surface area contributed by atoms with Gasteiger partial charge in [-0.1, -0.05) is 30.3 Å². The summed E-state index contributed by atoms with van der Waals surface area (Å²) in [5.74, 6) is 1.43. The van der Waals surface area contributed by atoms with E-state index in [1.165, 1.54) is 5.56 Å². The first-order chi connectivity index (χ1) is 10.3. The number of anilines is 1. The molecule has 6 heteroatoms. The molecule has 6 nitrogen and oxygen atoms in total. The molecule has 21 heavy (non-hydrogen) atoms. The molecular formula is C15H17N5O. The van der Waals surface area contributed by atoms with E-state index < -0.39 is 0 Å². The topological polar surface area (TPSA) is 75.3 Å². The van der Waals surface area contributed by atoms with E-state index in [1.54, 1.807) is 4.52 Å². The number of aromatic nitrogens is 4. The third-order valence-corrected chi connectivity index (χ3v) is 3.32. The van der Waals surface area contributed by atoms with Crippen LogP contribution < -0.4 is 5.32 Å². The van der Waals surface area contributed by atoms with Crippen molar-refractivity contribution in [2.75, 3.05) is 11.9 Å². The molecule has 2 aromatic heterocycles. The quantitative estimate of drug-likeness (QED) is 0.741. The van der Waals surface area contributed by atoms with Gasteiger partial charge in [0, 0.05) is 0 Å². The van der Waals surface area contributed by atoms with Crippen LogP contribution in [0.4, 0.5) is 5.82 Å². The van der Waals surface area contributed by atoms with E-state index in [2.05, 4.69) is 20.6 Å². The molecule has 0 aliphatic heterocycles. The van der Waals surface area contributed by atoms with Crippen molar-refractivity contribution in [1.82, 2.24) is 19.8 Å². The van der Waals surface area contributed by atoms with E-state index in [0.717, 1.165) is 12.2 Å². The summed E-state index contributed by atoms with van der Waals surface area (Å²) in [4.78, 5) is 0. The highest BCUT2D eigenvalue weighted by atomic mass is 16.3. The first kappa shape index (κ1) is 13.5. The molecule has 0 aliphatic carbocycles. The number of benzene rings is 1. The molecule has 3 aromatic rings. The molecule has 0 amide bonds. The van der Waals surface area contributed by atoms with Gasteiger partial charge in [0.15, 0.2) is 11.5 Å². The van der Waals surface area contributed by atoms with Crippen molar-refractivity contribution in [2.24, 2.45) is 0 Å². The minimum absolute atomic E-state index is 0.0375. The van der Waals surface area contributed by atoms with Crippen LogP contribution in [0.2, 0.25) is 0 Å². The molecule has 2 heterocycles. The summed E-state index contributed by atoms with van der Waals surface area (Å²) >= 11 is 0. The third kappa shape index (κ3) is 3.00. The highest BCUT2D eigenvalue weighted by Gasteiger charge is 2.10. The molecule has 0 bridgehead atoms. The summed E-state index contributed by atoms with van der Waals surface area (Å²) in [6, 6.07) is 13.7. The zero-order valence-corrected chi connectivity index (χ0v) is 11.8. The monoisotopic (exact) mass is 283 g/mol. The number of aliphatic hydroxyl groups excluding tert-OH is 1. The standard InChI is InChI=1S/C15H17N5O/c1-11-17-18-15-8-7-14(19-20(11)15)16-13(10-21)9-12-5-3-2-4-6-12/h2-8,13,21H,9-10H2,1H3,(H,16,19). The van der Waals surface area contributed by atoms with Gasteiger partial charge in [-0.15, -0.1) is 15.3 Å². The number of hydrogen-bond donors (Lipinski definition) is 2. The molecule has 1 unspecified atom stereocenters. The average molecular weight is 283 g/mol. The number of aliphatic hydroxyl groups is 1. The first-order valence-electron chi connectivity index (χ1n) is 6.86. The lowest BCUT2D eigenvalue weighted by Crippen LogP contribution is -2.27. The number of nitrogens with one attached hydrogen (secondary N) is 1. The summed E-state index contributed by atoms with van der Waals surface area (Å²) in [7, 11) is 0. The summed E-state index contributed by atoms with van der Waals surface area (Å²) < 4.78 is 1.68. The maximum Gasteiger partial charge on any atom is 0.178 e. The predicted molar refractivity (Wildman–Crippen MR) is 80.2 cm³/mol. The van der Waals surface area contributed by atoms with Gasteiger partial charge < -0.3 is 10.4 Å². The van der Waals surface area contributed by atoms with Crippen molar-refractivity contribution in [3.05, 3.63) is 53.9 Å². The highest BCUT2D eigenvalue weighted by Crippen LogP contribution is 2.10. The van der Waals surface area contributed by atoms with Gasteiger partial charge in [0.25, 0.3) is 0 Å². The van der Waals surface area contributed by atoms with Gasteiger partial charge in [-0.3, -0.25) is 0 Å². The number of hydrogen-bond acceptors (Lipinski definition) is 5. The van der Waals surface area contributed by atoms with Crippen LogP contribution in [0.5, 0.6) is 0 Å². The maximum atomic E-state index is 9.55. The van der Waals surface area contributed by atoms with Crippen molar-refractivity contribution < 1.29 is 5.11 Å². The fourth-order valence-electron chi connectivity index (χ4n) is 2.24. The Labute approximate surface area is 122 Å². The number of aryl methyl sites for hydroxylation is 1. The minimum Gasteiger partial charge on any atom is -0.394 e. The van der Waals surface area contributed by atoms with E-state index in [0.29, 0.717) is 11.5 Å². The first-order valence-corrected chi connectivity index (χ1v) is 6.86. The third-order valence-electron chi connectivity index (χ3n) is 3.32. The Morgan fingerprint density at radius 3 is 2.71 bits per heavy atom. The molecule has 1 aromatic carbocycles. The van der Waals surface area contributed by atoms with Crippen molar-refractivity contribution in [3.8, 4) is 0 Å². The lowest BCUT2D eigenvalue weighted by atomic mass is 10.1. The molecule has 108 valence electrons. The molecule has 1 atom stereocenters. The second-order valence-corrected chi connectivity index (χ2v) is 4.95. The molecule has 0 radical (unpaired) electrons. The van der Waals surface area contributed by atoms with Crippen LogP contribution in [0.3, 0.4) is 0 Å². The Morgan fingerprint density at radius 1 is 1.14 bits per heavy atom. The minimum atomic E-state index is -0.0888. The maximum absolute atomic E-state index is 9.55. The molecule has 0 saturated carbocycles. The van der Waals surface area contributed by atoms with Gasteiger partial charge in [0.05, 0.1) is 12.6 Å². The van der Waals surface area contributed by atoms with Crippen molar-refractivity contribution in [3.63, 3.8) is 0 Å². The molecule has 0 spiro atoms. The predicted octanol–water partition coefficient (Wildman–Crippen LogP) is 1.45. The van der Waals surface area contributed by atoms with Gasteiger partial charge >= 0.3 is 0 Å². The van der Waals surface area contributed by atoms with Gasteiger partial charge in [0.2, 0.25) is 0 Å². The molecule has 0 fully saturated rings. The van der Waals surface area contributed by atoms with Crippen LogP contribution in [0, 0.1) is 6.92 Å². The lowest BCUT2D eigenvalue weighted by Gasteiger charge is -2.17. The van der Waals surface area contributed by atoms with Gasteiger partial charge in [-0.25, -0.2) is 0 Å². The Balaban J connectivity index is 1.77. The average Bonchev–Trinajstić information content (AvgIpc) is 2.89. The lowest BCUT2D eigenvalue weighted by molar-refractivity contribution is 0.273. The zero-order chi connectivity index (χ0) is 14.7. The largest absolute Gasteiger partial charge is 0.394 e. The highest BCUT2D eigenvalue weighted by molar-refractivity contribution is 5.44. The number of fused-ring (bicyclic) bond motifs is 1. The Morgan fingerprint density at radius 2 is 1.95 bits per heavy atom. The summed E-state index contributed by atoms with van der Waals surface area (Å²) in [6.07, 6.45) is 0.734. The van der Waals surface area contributed by atoms with Gasteiger partial charge in [-0.05, 0) is 31.0 Å². The van der Waals surface area contributed by atoms with Crippen LogP contribution >= 0.6 is 0 Å². The number of nitrogens with zero attached hydrogens (tertiary/aromatic N) is 4. The Kier molecular flexibility index (Phi) is 3.79. The fourth-order valence-corrected chi connectivity index (χ4v) is 2.24. The Bertz CT molecular complexity index is 725. The number of rotatable bonds is 5. The summed E-state index contributed by atoms with van der Waals surface area (Å²) in [5.41, 5.74) is 1.88. The van der Waals surface area contributed by atoms with Crippen LogP contribution in [-0.4, -0.2) is 37.6 Å². The van der Waals surface area contributed by atoms with Crippen LogP contribution in [0.15, 0.2) is 42.5 Å². The van der Waals surface area contributed by atoms with E-state index >= 15 is 0 Å². The molecule has 0 aliphatic rings. The van der Waals surface area contributed by atoms with Crippen LogP contribution in [-0.2, 0) is 6.42 Å². The smallest absolute Gasteiger partial charge is 0.178 e. The van der Waals surface area contributed by atoms with E-state index in [-0.39, 0.29) is 12.6 Å². The van der Waals surface area contributed by atoms with Crippen LogP contribution in [0.25, 0.3) is 5.65 Å². The summed E-state index contributed by atoms with van der Waals surface area (Å²) in [5, 5.41) is 25.2. The molecule has 0 saturated heterocycles. The normalized spacial score (nSPS) is 12.5. The second-order valence-electron chi connectivity index (χ2n) is 4.95.